The second-order valence-corrected chi connectivity index (χ2v) is 7.68. The zero-order chi connectivity index (χ0) is 15.5. The van der Waals surface area contributed by atoms with E-state index in [1.54, 1.807) is 0 Å². The number of anilines is 1. The van der Waals surface area contributed by atoms with E-state index in [0.29, 0.717) is 0 Å². The predicted molar refractivity (Wildman–Crippen MR) is 100.0 cm³/mol. The molecule has 0 aromatic heterocycles. The van der Waals surface area contributed by atoms with Crippen LogP contribution in [-0.2, 0) is 0 Å². The molecule has 0 spiro atoms. The minimum Gasteiger partial charge on any atom is -0.368 e. The molecule has 1 saturated heterocycles. The summed E-state index contributed by atoms with van der Waals surface area (Å²) in [6, 6.07) is 15.5. The lowest BCUT2D eigenvalue weighted by molar-refractivity contribution is 0.428. The highest BCUT2D eigenvalue weighted by molar-refractivity contribution is 7.99. The van der Waals surface area contributed by atoms with Crippen molar-refractivity contribution in [2.45, 2.75) is 23.6 Å². The van der Waals surface area contributed by atoms with E-state index >= 15 is 0 Å². The van der Waals surface area contributed by atoms with E-state index in [1.165, 1.54) is 26.6 Å². The van der Waals surface area contributed by atoms with Gasteiger partial charge in [-0.3, -0.25) is 4.67 Å². The van der Waals surface area contributed by atoms with Crippen molar-refractivity contribution in [2.75, 3.05) is 31.1 Å². The van der Waals surface area contributed by atoms with E-state index in [0.717, 1.165) is 26.2 Å². The number of benzene rings is 2. The van der Waals surface area contributed by atoms with E-state index in [2.05, 4.69) is 75.3 Å². The predicted octanol–water partition coefficient (Wildman–Crippen LogP) is 4.37. The minimum atomic E-state index is 1.09. The topological polar surface area (TPSA) is 6.48 Å². The van der Waals surface area contributed by atoms with Crippen molar-refractivity contribution in [3.63, 3.8) is 0 Å². The summed E-state index contributed by atoms with van der Waals surface area (Å²) in [7, 11) is 2.81. The van der Waals surface area contributed by atoms with Crippen LogP contribution in [0, 0.1) is 13.8 Å². The van der Waals surface area contributed by atoms with Crippen LogP contribution in [0.2, 0.25) is 0 Å². The molecule has 1 fully saturated rings. The Morgan fingerprint density at radius 3 is 2.36 bits per heavy atom. The molecular weight excluding hydrogens is 307 g/mol. The molecule has 0 N–H and O–H groups in total. The van der Waals surface area contributed by atoms with E-state index in [-0.39, 0.29) is 0 Å². The van der Waals surface area contributed by atoms with Gasteiger partial charge in [-0.1, -0.05) is 51.0 Å². The van der Waals surface area contributed by atoms with Crippen LogP contribution in [0.4, 0.5) is 5.69 Å². The molecule has 116 valence electrons. The molecule has 0 amide bonds. The first-order valence-corrected chi connectivity index (χ1v) is 9.05. The Morgan fingerprint density at radius 1 is 0.909 bits per heavy atom. The summed E-state index contributed by atoms with van der Waals surface area (Å²) in [6.07, 6.45) is 0. The summed E-state index contributed by atoms with van der Waals surface area (Å²) in [5.41, 5.74) is 4.05. The van der Waals surface area contributed by atoms with Crippen molar-refractivity contribution < 1.29 is 0 Å². The molecule has 2 aromatic carbocycles. The number of rotatable bonds is 3. The van der Waals surface area contributed by atoms with Crippen LogP contribution in [0.3, 0.4) is 0 Å². The third-order valence-corrected chi connectivity index (χ3v) is 5.83. The van der Waals surface area contributed by atoms with Crippen LogP contribution < -0.4 is 4.90 Å². The van der Waals surface area contributed by atoms with Crippen LogP contribution >= 0.6 is 21.2 Å². The average Bonchev–Trinajstić information content (AvgIpc) is 2.51. The van der Waals surface area contributed by atoms with E-state index in [9.17, 15) is 0 Å². The summed E-state index contributed by atoms with van der Waals surface area (Å²) < 4.78 is 2.32. The SMILES string of the molecule is Cc1ccc(Sc2ccccc2N2CCN(P)CC2)c(C)c1. The van der Waals surface area contributed by atoms with Crippen LogP contribution in [0.15, 0.2) is 52.3 Å². The number of hydrogen-bond acceptors (Lipinski definition) is 3. The number of nitrogens with zero attached hydrogens (tertiary/aromatic N) is 2. The largest absolute Gasteiger partial charge is 0.368 e. The summed E-state index contributed by atoms with van der Waals surface area (Å²) in [4.78, 5) is 5.21. The first kappa shape index (κ1) is 15.9. The van der Waals surface area contributed by atoms with Crippen molar-refractivity contribution >= 4 is 26.8 Å². The van der Waals surface area contributed by atoms with E-state index in [4.69, 9.17) is 0 Å². The lowest BCUT2D eigenvalue weighted by atomic mass is 10.2. The Morgan fingerprint density at radius 2 is 1.64 bits per heavy atom. The van der Waals surface area contributed by atoms with E-state index < -0.39 is 0 Å². The van der Waals surface area contributed by atoms with Gasteiger partial charge in [0.1, 0.15) is 0 Å². The molecule has 2 aromatic rings. The van der Waals surface area contributed by atoms with Gasteiger partial charge in [0, 0.05) is 36.0 Å². The second kappa shape index (κ2) is 7.04. The molecule has 1 aliphatic heterocycles. The minimum absolute atomic E-state index is 1.09. The van der Waals surface area contributed by atoms with Gasteiger partial charge in [-0.05, 0) is 37.6 Å². The normalized spacial score (nSPS) is 16.0. The molecule has 1 aliphatic rings. The Kier molecular flexibility index (Phi) is 5.07. The zero-order valence-electron chi connectivity index (χ0n) is 13.2. The van der Waals surface area contributed by atoms with Gasteiger partial charge in [0.2, 0.25) is 0 Å². The van der Waals surface area contributed by atoms with Crippen LogP contribution in [-0.4, -0.2) is 30.8 Å². The second-order valence-electron chi connectivity index (χ2n) is 5.86. The maximum atomic E-state index is 2.81. The van der Waals surface area contributed by atoms with Gasteiger partial charge in [0.25, 0.3) is 0 Å². The highest BCUT2D eigenvalue weighted by atomic mass is 32.2. The molecule has 0 aliphatic carbocycles. The Hall–Kier alpha value is -1.02. The van der Waals surface area contributed by atoms with Gasteiger partial charge >= 0.3 is 0 Å². The highest BCUT2D eigenvalue weighted by Crippen LogP contribution is 2.37. The van der Waals surface area contributed by atoms with Crippen molar-refractivity contribution in [3.8, 4) is 0 Å². The summed E-state index contributed by atoms with van der Waals surface area (Å²) in [6.45, 7) is 8.74. The fraction of sp³-hybridized carbons (Fsp3) is 0.333. The Balaban J connectivity index is 1.85. The quantitative estimate of drug-likeness (QED) is 0.772. The summed E-state index contributed by atoms with van der Waals surface area (Å²) in [5, 5.41) is 0. The highest BCUT2D eigenvalue weighted by Gasteiger charge is 2.17. The zero-order valence-corrected chi connectivity index (χ0v) is 15.2. The molecule has 3 rings (SSSR count). The summed E-state index contributed by atoms with van der Waals surface area (Å²) in [5.74, 6) is 0. The Labute approximate surface area is 140 Å². The molecule has 1 heterocycles. The molecular formula is C18H23N2PS. The smallest absolute Gasteiger partial charge is 0.0508 e. The van der Waals surface area contributed by atoms with Crippen molar-refractivity contribution in [1.29, 1.82) is 0 Å². The Bertz CT molecular complexity index is 651. The molecule has 22 heavy (non-hydrogen) atoms. The van der Waals surface area contributed by atoms with Crippen LogP contribution in [0.25, 0.3) is 0 Å². The first-order valence-electron chi connectivity index (χ1n) is 7.72. The van der Waals surface area contributed by atoms with Gasteiger partial charge in [-0.2, -0.15) is 0 Å². The van der Waals surface area contributed by atoms with Crippen LogP contribution in [0.5, 0.6) is 0 Å². The number of aryl methyl sites for hydroxylation is 2. The van der Waals surface area contributed by atoms with Gasteiger partial charge in [0.05, 0.1) is 5.69 Å². The molecule has 2 nitrogen and oxygen atoms in total. The third-order valence-electron chi connectivity index (χ3n) is 4.07. The van der Waals surface area contributed by atoms with Gasteiger partial charge in [-0.15, -0.1) is 0 Å². The number of para-hydroxylation sites is 1. The number of piperazine rings is 1. The fourth-order valence-electron chi connectivity index (χ4n) is 2.80. The van der Waals surface area contributed by atoms with E-state index in [1.807, 2.05) is 11.8 Å². The average molecular weight is 330 g/mol. The van der Waals surface area contributed by atoms with Gasteiger partial charge in [0.15, 0.2) is 0 Å². The van der Waals surface area contributed by atoms with Crippen molar-refractivity contribution in [3.05, 3.63) is 53.6 Å². The lowest BCUT2D eigenvalue weighted by Crippen LogP contribution is -2.42. The first-order chi connectivity index (χ1) is 10.6. The van der Waals surface area contributed by atoms with Crippen molar-refractivity contribution in [1.82, 2.24) is 4.67 Å². The molecule has 0 radical (unpaired) electrons. The number of hydrogen-bond donors (Lipinski definition) is 0. The maximum absolute atomic E-state index is 2.81. The van der Waals surface area contributed by atoms with Gasteiger partial charge in [-0.25, -0.2) is 0 Å². The molecule has 1 unspecified atom stereocenters. The van der Waals surface area contributed by atoms with Gasteiger partial charge < -0.3 is 4.90 Å². The summed E-state index contributed by atoms with van der Waals surface area (Å²) >= 11 is 1.88. The molecule has 1 atom stereocenters. The standard InChI is InChI=1S/C18H23N2PS/c1-14-7-8-17(15(2)13-14)22-18-6-4-3-5-16(18)19-9-11-20(21)12-10-19/h3-8,13H,9-12,21H2,1-2H3. The molecule has 0 bridgehead atoms. The third kappa shape index (κ3) is 3.65. The van der Waals surface area contributed by atoms with Crippen molar-refractivity contribution in [2.24, 2.45) is 0 Å². The molecule has 0 saturated carbocycles. The monoisotopic (exact) mass is 330 g/mol. The maximum Gasteiger partial charge on any atom is 0.0508 e. The lowest BCUT2D eigenvalue weighted by Gasteiger charge is -2.34. The van der Waals surface area contributed by atoms with Crippen LogP contribution in [0.1, 0.15) is 11.1 Å². The molecule has 4 heteroatoms. The fourth-order valence-corrected chi connectivity index (χ4v) is 4.07.